The Balaban J connectivity index is 2.28. The molecule has 2 aromatic carbocycles. The Bertz CT molecular complexity index is 679. The van der Waals surface area contributed by atoms with Gasteiger partial charge in [0.2, 0.25) is 5.78 Å². The van der Waals surface area contributed by atoms with Gasteiger partial charge >= 0.3 is 0 Å². The van der Waals surface area contributed by atoms with E-state index in [0.717, 1.165) is 4.90 Å². The molecule has 2 nitrogen and oxygen atoms in total. The minimum Gasteiger partial charge on any atom is -0.382 e. The molecule has 0 atom stereocenters. The molecule has 0 unspecified atom stereocenters. The topological polar surface area (TPSA) is 20.3 Å². The highest BCUT2D eigenvalue weighted by atomic mass is 35.5. The largest absolute Gasteiger partial charge is 0.382 e. The maximum Gasteiger partial charge on any atom is 0.201 e. The van der Waals surface area contributed by atoms with Crippen molar-refractivity contribution >= 4 is 40.7 Å². The van der Waals surface area contributed by atoms with Gasteiger partial charge in [0.25, 0.3) is 0 Å². The fourth-order valence-corrected chi connectivity index (χ4v) is 2.99. The maximum atomic E-state index is 12.7. The summed E-state index contributed by atoms with van der Waals surface area (Å²) in [6.45, 7) is 0. The Labute approximate surface area is 144 Å². The summed E-state index contributed by atoms with van der Waals surface area (Å²) in [5.41, 5.74) is 0.610. The van der Waals surface area contributed by atoms with E-state index >= 15 is 0 Å². The minimum atomic E-state index is -0.0367. The first kappa shape index (κ1) is 16.9. The van der Waals surface area contributed by atoms with Crippen molar-refractivity contribution in [3.63, 3.8) is 0 Å². The summed E-state index contributed by atoms with van der Waals surface area (Å²) in [4.78, 5) is 16.1. The van der Waals surface area contributed by atoms with Gasteiger partial charge in [0.15, 0.2) is 0 Å². The predicted octanol–water partition coefficient (Wildman–Crippen LogP) is 5.37. The molecule has 0 spiro atoms. The van der Waals surface area contributed by atoms with Gasteiger partial charge in [-0.3, -0.25) is 4.79 Å². The van der Waals surface area contributed by atoms with Crippen molar-refractivity contribution in [1.82, 2.24) is 4.90 Å². The van der Waals surface area contributed by atoms with Gasteiger partial charge in [-0.25, -0.2) is 0 Å². The van der Waals surface area contributed by atoms with E-state index in [1.165, 1.54) is 11.8 Å². The van der Waals surface area contributed by atoms with Crippen molar-refractivity contribution in [2.45, 2.75) is 4.90 Å². The number of hydrogen-bond donors (Lipinski definition) is 0. The Morgan fingerprint density at radius 2 is 1.45 bits per heavy atom. The summed E-state index contributed by atoms with van der Waals surface area (Å²) in [6, 6.07) is 14.3. The first-order valence-corrected chi connectivity index (χ1v) is 8.15. The monoisotopic (exact) mass is 351 g/mol. The van der Waals surface area contributed by atoms with E-state index in [9.17, 15) is 4.79 Å². The lowest BCUT2D eigenvalue weighted by Crippen LogP contribution is -2.08. The minimum absolute atomic E-state index is 0.0367. The first-order valence-electron chi connectivity index (χ1n) is 6.57. The van der Waals surface area contributed by atoms with E-state index in [1.807, 2.05) is 49.5 Å². The van der Waals surface area contributed by atoms with Gasteiger partial charge in [0.05, 0.1) is 4.91 Å². The zero-order chi connectivity index (χ0) is 16.1. The van der Waals surface area contributed by atoms with E-state index in [0.29, 0.717) is 20.5 Å². The SMILES string of the molecule is CN(C)/C=C(/Sc1ccc(Cl)cc1)C(=O)c1ccc(Cl)cc1. The lowest BCUT2D eigenvalue weighted by molar-refractivity contribution is 0.104. The van der Waals surface area contributed by atoms with Crippen molar-refractivity contribution < 1.29 is 4.79 Å². The molecule has 114 valence electrons. The van der Waals surface area contributed by atoms with Crippen molar-refractivity contribution in [3.05, 3.63) is 75.2 Å². The second-order valence-corrected chi connectivity index (χ2v) is 6.84. The molecule has 0 fully saturated rings. The number of halogens is 2. The normalized spacial score (nSPS) is 11.4. The highest BCUT2D eigenvalue weighted by Gasteiger charge is 2.14. The second-order valence-electron chi connectivity index (χ2n) is 4.85. The Hall–Kier alpha value is -1.42. The number of carbonyl (C=O) groups is 1. The fraction of sp³-hybridized carbons (Fsp3) is 0.118. The third-order valence-corrected chi connectivity index (χ3v) is 4.27. The molecule has 0 aromatic heterocycles. The molecule has 2 rings (SSSR count). The highest BCUT2D eigenvalue weighted by molar-refractivity contribution is 8.04. The van der Waals surface area contributed by atoms with E-state index in [-0.39, 0.29) is 5.78 Å². The molecular formula is C17H15Cl2NOS. The van der Waals surface area contributed by atoms with Crippen LogP contribution in [-0.2, 0) is 0 Å². The predicted molar refractivity (Wildman–Crippen MR) is 94.9 cm³/mol. The fourth-order valence-electron chi connectivity index (χ4n) is 1.74. The summed E-state index contributed by atoms with van der Waals surface area (Å²) in [5.74, 6) is -0.0367. The van der Waals surface area contributed by atoms with E-state index in [1.54, 1.807) is 24.3 Å². The van der Waals surface area contributed by atoms with Crippen molar-refractivity contribution in [2.24, 2.45) is 0 Å². The number of Topliss-reactive ketones (excluding diaryl/α,β-unsaturated/α-hetero) is 1. The summed E-state index contributed by atoms with van der Waals surface area (Å²) in [7, 11) is 3.77. The van der Waals surface area contributed by atoms with Gasteiger partial charge in [-0.1, -0.05) is 35.0 Å². The molecule has 0 heterocycles. The van der Waals surface area contributed by atoms with Crippen LogP contribution in [0.15, 0.2) is 64.5 Å². The van der Waals surface area contributed by atoms with Crippen molar-refractivity contribution in [3.8, 4) is 0 Å². The van der Waals surface area contributed by atoms with Crippen molar-refractivity contribution in [2.75, 3.05) is 14.1 Å². The summed E-state index contributed by atoms with van der Waals surface area (Å²) in [5, 5.41) is 1.28. The van der Waals surface area contributed by atoms with E-state index < -0.39 is 0 Å². The molecule has 0 aliphatic carbocycles. The molecule has 0 aliphatic rings. The van der Waals surface area contributed by atoms with E-state index in [4.69, 9.17) is 23.2 Å². The third kappa shape index (κ3) is 4.80. The smallest absolute Gasteiger partial charge is 0.201 e. The van der Waals surface area contributed by atoms with Crippen LogP contribution in [0.4, 0.5) is 0 Å². The molecule has 0 saturated carbocycles. The zero-order valence-corrected chi connectivity index (χ0v) is 14.5. The van der Waals surface area contributed by atoms with E-state index in [2.05, 4.69) is 0 Å². The number of hydrogen-bond acceptors (Lipinski definition) is 3. The standard InChI is InChI=1S/C17H15Cl2NOS/c1-20(2)11-16(22-15-9-7-14(19)8-10-15)17(21)12-3-5-13(18)6-4-12/h3-11H,1-2H3/b16-11+. The molecule has 0 radical (unpaired) electrons. The third-order valence-electron chi connectivity index (χ3n) is 2.75. The molecule has 0 aliphatic heterocycles. The van der Waals surface area contributed by atoms with Crippen LogP contribution in [0.2, 0.25) is 10.0 Å². The molecule has 0 amide bonds. The molecule has 0 saturated heterocycles. The average Bonchev–Trinajstić information content (AvgIpc) is 2.48. The number of rotatable bonds is 5. The van der Waals surface area contributed by atoms with Crippen LogP contribution in [0.5, 0.6) is 0 Å². The summed E-state index contributed by atoms with van der Waals surface area (Å²) >= 11 is 13.2. The quantitative estimate of drug-likeness (QED) is 0.410. The van der Waals surface area contributed by atoms with Crippen LogP contribution in [0.25, 0.3) is 0 Å². The number of benzene rings is 2. The summed E-state index contributed by atoms with van der Waals surface area (Å²) < 4.78 is 0. The van der Waals surface area contributed by atoms with Gasteiger partial charge in [0, 0.05) is 40.8 Å². The molecule has 5 heteroatoms. The molecule has 0 N–H and O–H groups in total. The molecular weight excluding hydrogens is 337 g/mol. The molecule has 0 bridgehead atoms. The Kier molecular flexibility index (Phi) is 5.95. The molecule has 22 heavy (non-hydrogen) atoms. The van der Waals surface area contributed by atoms with Gasteiger partial charge in [0.1, 0.15) is 0 Å². The lowest BCUT2D eigenvalue weighted by atomic mass is 10.1. The summed E-state index contributed by atoms with van der Waals surface area (Å²) in [6.07, 6.45) is 1.82. The molecule has 2 aromatic rings. The van der Waals surface area contributed by atoms with Gasteiger partial charge < -0.3 is 4.90 Å². The Morgan fingerprint density at radius 1 is 0.955 bits per heavy atom. The highest BCUT2D eigenvalue weighted by Crippen LogP contribution is 2.30. The lowest BCUT2D eigenvalue weighted by Gasteiger charge is -2.11. The van der Waals surface area contributed by atoms with Crippen molar-refractivity contribution in [1.29, 1.82) is 0 Å². The first-order chi connectivity index (χ1) is 10.5. The van der Waals surface area contributed by atoms with Crippen LogP contribution in [0.1, 0.15) is 10.4 Å². The van der Waals surface area contributed by atoms with Gasteiger partial charge in [-0.15, -0.1) is 0 Å². The van der Waals surface area contributed by atoms with Crippen LogP contribution in [0, 0.1) is 0 Å². The zero-order valence-electron chi connectivity index (χ0n) is 12.2. The van der Waals surface area contributed by atoms with Crippen LogP contribution in [0.3, 0.4) is 0 Å². The maximum absolute atomic E-state index is 12.7. The van der Waals surface area contributed by atoms with Crippen LogP contribution >= 0.6 is 35.0 Å². The van der Waals surface area contributed by atoms with Gasteiger partial charge in [-0.2, -0.15) is 0 Å². The number of ketones is 1. The number of allylic oxidation sites excluding steroid dienone is 1. The number of thioether (sulfide) groups is 1. The van der Waals surface area contributed by atoms with Crippen LogP contribution in [-0.4, -0.2) is 24.8 Å². The second kappa shape index (κ2) is 7.73. The Morgan fingerprint density at radius 3 is 1.95 bits per heavy atom. The average molecular weight is 352 g/mol. The van der Waals surface area contributed by atoms with Crippen LogP contribution < -0.4 is 0 Å². The van der Waals surface area contributed by atoms with Gasteiger partial charge in [-0.05, 0) is 48.5 Å². The number of carbonyl (C=O) groups excluding carboxylic acids is 1. The number of nitrogens with zero attached hydrogens (tertiary/aromatic N) is 1.